The number of hydrogen-bond donors (Lipinski definition) is 2. The summed E-state index contributed by atoms with van der Waals surface area (Å²) in [5, 5.41) is 3.40. The van der Waals surface area contributed by atoms with E-state index in [0.29, 0.717) is 13.0 Å². The van der Waals surface area contributed by atoms with E-state index in [9.17, 15) is 0 Å². The molecule has 0 bridgehead atoms. The van der Waals surface area contributed by atoms with Crippen LogP contribution < -0.4 is 15.8 Å². The molecule has 0 aromatic heterocycles. The van der Waals surface area contributed by atoms with Gasteiger partial charge < -0.3 is 15.8 Å². The molecule has 1 aliphatic rings. The normalized spacial score (nSPS) is 17.4. The van der Waals surface area contributed by atoms with Gasteiger partial charge in [0.15, 0.2) is 0 Å². The second-order valence-electron chi connectivity index (χ2n) is 5.57. The van der Waals surface area contributed by atoms with Gasteiger partial charge in [0, 0.05) is 37.5 Å². The molecule has 3 nitrogen and oxygen atoms in total. The van der Waals surface area contributed by atoms with Crippen molar-refractivity contribution in [3.05, 3.63) is 29.3 Å². The first-order valence-electron chi connectivity index (χ1n) is 6.75. The molecule has 3 N–H and O–H groups in total. The quantitative estimate of drug-likeness (QED) is 0.627. The van der Waals surface area contributed by atoms with Gasteiger partial charge in [0.1, 0.15) is 11.4 Å². The summed E-state index contributed by atoms with van der Waals surface area (Å²) in [5.74, 6) is 3.63. The molecule has 1 atom stereocenters. The first-order chi connectivity index (χ1) is 9.07. The summed E-state index contributed by atoms with van der Waals surface area (Å²) in [6.45, 7) is 5.52. The number of ether oxygens (including phenoxy) is 1. The Labute approximate surface area is 115 Å². The summed E-state index contributed by atoms with van der Waals surface area (Å²) >= 11 is 0. The molecule has 0 amide bonds. The Morgan fingerprint density at radius 3 is 3.00 bits per heavy atom. The summed E-state index contributed by atoms with van der Waals surface area (Å²) in [7, 11) is 0. The van der Waals surface area contributed by atoms with Crippen LogP contribution in [-0.2, 0) is 6.42 Å². The molecule has 1 unspecified atom stereocenters. The van der Waals surface area contributed by atoms with E-state index in [-0.39, 0.29) is 11.6 Å². The van der Waals surface area contributed by atoms with Crippen molar-refractivity contribution in [3.8, 4) is 18.1 Å². The highest BCUT2D eigenvalue weighted by molar-refractivity contribution is 5.47. The molecule has 19 heavy (non-hydrogen) atoms. The van der Waals surface area contributed by atoms with Crippen molar-refractivity contribution in [3.63, 3.8) is 0 Å². The predicted octanol–water partition coefficient (Wildman–Crippen LogP) is 2.01. The van der Waals surface area contributed by atoms with E-state index >= 15 is 0 Å². The summed E-state index contributed by atoms with van der Waals surface area (Å²) in [6.07, 6.45) is 6.92. The molecule has 102 valence electrons. The number of nitrogens with two attached hydrogens (primary N) is 1. The van der Waals surface area contributed by atoms with Gasteiger partial charge in [0.25, 0.3) is 0 Å². The second-order valence-corrected chi connectivity index (χ2v) is 5.57. The van der Waals surface area contributed by atoms with Gasteiger partial charge in [-0.2, -0.15) is 0 Å². The van der Waals surface area contributed by atoms with Crippen LogP contribution in [0.1, 0.15) is 37.4 Å². The monoisotopic (exact) mass is 258 g/mol. The first-order valence-corrected chi connectivity index (χ1v) is 6.75. The third-order valence-corrected chi connectivity index (χ3v) is 3.39. The SMILES string of the molecule is C#CCCNC(CN)c1cccc2c1OC(C)(C)C2. The van der Waals surface area contributed by atoms with Gasteiger partial charge in [-0.25, -0.2) is 0 Å². The van der Waals surface area contributed by atoms with E-state index in [4.69, 9.17) is 16.9 Å². The first kappa shape index (κ1) is 13.9. The van der Waals surface area contributed by atoms with Crippen LogP contribution in [0.5, 0.6) is 5.75 Å². The Morgan fingerprint density at radius 2 is 2.32 bits per heavy atom. The lowest BCUT2D eigenvalue weighted by Crippen LogP contribution is -2.30. The lowest BCUT2D eigenvalue weighted by Gasteiger charge is -2.22. The minimum absolute atomic E-state index is 0.0946. The Hall–Kier alpha value is -1.50. The molecule has 1 heterocycles. The summed E-state index contributed by atoms with van der Waals surface area (Å²) < 4.78 is 6.08. The second kappa shape index (κ2) is 5.64. The smallest absolute Gasteiger partial charge is 0.128 e. The van der Waals surface area contributed by atoms with Crippen molar-refractivity contribution in [1.29, 1.82) is 0 Å². The van der Waals surface area contributed by atoms with Crippen LogP contribution in [-0.4, -0.2) is 18.7 Å². The van der Waals surface area contributed by atoms with Crippen molar-refractivity contribution in [1.82, 2.24) is 5.32 Å². The number of hydrogen-bond acceptors (Lipinski definition) is 3. The third-order valence-electron chi connectivity index (χ3n) is 3.39. The predicted molar refractivity (Wildman–Crippen MR) is 78.1 cm³/mol. The number of fused-ring (bicyclic) bond motifs is 1. The molecule has 2 rings (SSSR count). The fourth-order valence-electron chi connectivity index (χ4n) is 2.55. The van der Waals surface area contributed by atoms with Gasteiger partial charge in [0.05, 0.1) is 0 Å². The van der Waals surface area contributed by atoms with E-state index in [1.54, 1.807) is 0 Å². The van der Waals surface area contributed by atoms with Crippen molar-refractivity contribution in [2.45, 2.75) is 38.3 Å². The van der Waals surface area contributed by atoms with Crippen LogP contribution in [0, 0.1) is 12.3 Å². The van der Waals surface area contributed by atoms with E-state index in [2.05, 4.69) is 43.3 Å². The van der Waals surface area contributed by atoms with Gasteiger partial charge in [-0.05, 0) is 19.4 Å². The molecule has 3 heteroatoms. The maximum Gasteiger partial charge on any atom is 0.128 e. The summed E-state index contributed by atoms with van der Waals surface area (Å²) in [6, 6.07) is 6.38. The maximum absolute atomic E-state index is 6.08. The minimum atomic E-state index is -0.129. The van der Waals surface area contributed by atoms with E-state index in [1.165, 1.54) is 5.56 Å². The van der Waals surface area contributed by atoms with Crippen LogP contribution in [0.2, 0.25) is 0 Å². The Kier molecular flexibility index (Phi) is 4.14. The van der Waals surface area contributed by atoms with Crippen LogP contribution >= 0.6 is 0 Å². The Balaban J connectivity index is 2.21. The zero-order chi connectivity index (χ0) is 13.9. The molecule has 1 aromatic rings. The van der Waals surface area contributed by atoms with Gasteiger partial charge in [-0.15, -0.1) is 12.3 Å². The molecule has 1 aliphatic heterocycles. The molecular formula is C16H22N2O. The maximum atomic E-state index is 6.08. The molecule has 0 saturated carbocycles. The van der Waals surface area contributed by atoms with Crippen molar-refractivity contribution in [2.75, 3.05) is 13.1 Å². The topological polar surface area (TPSA) is 47.3 Å². The zero-order valence-corrected chi connectivity index (χ0v) is 11.7. The van der Waals surface area contributed by atoms with Crippen LogP contribution in [0.15, 0.2) is 18.2 Å². The Bertz CT molecular complexity index is 488. The molecular weight excluding hydrogens is 236 g/mol. The molecule has 0 aliphatic carbocycles. The van der Waals surface area contributed by atoms with Gasteiger partial charge in [-0.1, -0.05) is 18.2 Å². The lowest BCUT2D eigenvalue weighted by atomic mass is 9.98. The third kappa shape index (κ3) is 3.09. The lowest BCUT2D eigenvalue weighted by molar-refractivity contribution is 0.136. The van der Waals surface area contributed by atoms with Crippen LogP contribution in [0.4, 0.5) is 0 Å². The van der Waals surface area contributed by atoms with Gasteiger partial charge >= 0.3 is 0 Å². The summed E-state index contributed by atoms with van der Waals surface area (Å²) in [4.78, 5) is 0. The molecule has 0 saturated heterocycles. The standard InChI is InChI=1S/C16H22N2O/c1-4-5-9-18-14(11-17)13-8-6-7-12-10-16(2,3)19-15(12)13/h1,6-8,14,18H,5,9-11,17H2,2-3H3. The average Bonchev–Trinajstić information content (AvgIpc) is 2.69. The van der Waals surface area contributed by atoms with E-state index in [0.717, 1.165) is 24.3 Å². The number of para-hydroxylation sites is 1. The zero-order valence-electron chi connectivity index (χ0n) is 11.7. The average molecular weight is 258 g/mol. The van der Waals surface area contributed by atoms with Crippen molar-refractivity contribution < 1.29 is 4.74 Å². The van der Waals surface area contributed by atoms with E-state index < -0.39 is 0 Å². The molecule has 1 aromatic carbocycles. The van der Waals surface area contributed by atoms with Gasteiger partial charge in [-0.3, -0.25) is 0 Å². The fourth-order valence-corrected chi connectivity index (χ4v) is 2.55. The molecule has 0 radical (unpaired) electrons. The van der Waals surface area contributed by atoms with Crippen LogP contribution in [0.3, 0.4) is 0 Å². The van der Waals surface area contributed by atoms with Gasteiger partial charge in [0.2, 0.25) is 0 Å². The highest BCUT2D eigenvalue weighted by atomic mass is 16.5. The number of rotatable bonds is 5. The number of terminal acetylenes is 1. The summed E-state index contributed by atoms with van der Waals surface area (Å²) in [5.41, 5.74) is 8.16. The fraction of sp³-hybridized carbons (Fsp3) is 0.500. The highest BCUT2D eigenvalue weighted by Crippen LogP contribution is 2.39. The van der Waals surface area contributed by atoms with Crippen molar-refractivity contribution in [2.24, 2.45) is 5.73 Å². The largest absolute Gasteiger partial charge is 0.487 e. The molecule has 0 fully saturated rings. The highest BCUT2D eigenvalue weighted by Gasteiger charge is 2.32. The van der Waals surface area contributed by atoms with E-state index in [1.807, 2.05) is 0 Å². The molecule has 0 spiro atoms. The van der Waals surface area contributed by atoms with Crippen molar-refractivity contribution >= 4 is 0 Å². The Morgan fingerprint density at radius 1 is 1.53 bits per heavy atom. The van der Waals surface area contributed by atoms with Crippen LogP contribution in [0.25, 0.3) is 0 Å². The number of nitrogens with one attached hydrogen (secondary N) is 1. The minimum Gasteiger partial charge on any atom is -0.487 e. The number of benzene rings is 1.